The van der Waals surface area contributed by atoms with Crippen LogP contribution in [0.3, 0.4) is 0 Å². The lowest BCUT2D eigenvalue weighted by molar-refractivity contribution is -0.128. The third kappa shape index (κ3) is 5.29. The zero-order valence-electron chi connectivity index (χ0n) is 19.5. The van der Waals surface area contributed by atoms with E-state index in [0.717, 1.165) is 29.7 Å². The molecule has 1 N–H and O–H groups in total. The summed E-state index contributed by atoms with van der Waals surface area (Å²) in [5, 5.41) is 4.07. The topological polar surface area (TPSA) is 64.6 Å². The predicted molar refractivity (Wildman–Crippen MR) is 136 cm³/mol. The van der Waals surface area contributed by atoms with E-state index in [1.54, 1.807) is 45.0 Å². The highest BCUT2D eigenvalue weighted by Gasteiger charge is 2.35. The third-order valence-corrected chi connectivity index (χ3v) is 7.40. The first-order valence-electron chi connectivity index (χ1n) is 11.4. The predicted octanol–water partition coefficient (Wildman–Crippen LogP) is 6.65. The molecule has 1 amide bonds. The number of carbonyl (C=O) groups is 2. The van der Waals surface area contributed by atoms with Gasteiger partial charge in [0.25, 0.3) is 5.91 Å². The average molecular weight is 498 g/mol. The first-order valence-corrected chi connectivity index (χ1v) is 12.6. The number of anilines is 1. The lowest BCUT2D eigenvalue weighted by atomic mass is 9.83. The van der Waals surface area contributed by atoms with Gasteiger partial charge in [0.1, 0.15) is 10.8 Å². The van der Waals surface area contributed by atoms with Crippen molar-refractivity contribution in [2.75, 3.05) is 11.9 Å². The number of carbonyl (C=O) groups excluding carboxylic acids is 2. The van der Waals surface area contributed by atoms with Crippen molar-refractivity contribution in [2.24, 2.45) is 0 Å². The molecule has 7 heteroatoms. The summed E-state index contributed by atoms with van der Waals surface area (Å²) in [6, 6.07) is 17.3. The first-order chi connectivity index (χ1) is 16.3. The van der Waals surface area contributed by atoms with Gasteiger partial charge in [0.15, 0.2) is 5.60 Å². The molecule has 5 nitrogen and oxygen atoms in total. The fraction of sp³-hybridized carbons (Fsp3) is 0.333. The molecule has 0 fully saturated rings. The minimum atomic E-state index is -1.17. The molecular formula is C27H28ClNO4S. The van der Waals surface area contributed by atoms with Crippen molar-refractivity contribution < 1.29 is 19.1 Å². The lowest BCUT2D eigenvalue weighted by Crippen LogP contribution is -2.42. The van der Waals surface area contributed by atoms with Crippen molar-refractivity contribution in [3.05, 3.63) is 81.2 Å². The fourth-order valence-electron chi connectivity index (χ4n) is 4.20. The van der Waals surface area contributed by atoms with Gasteiger partial charge in [0, 0.05) is 9.90 Å². The van der Waals surface area contributed by atoms with Crippen molar-refractivity contribution >= 4 is 39.8 Å². The van der Waals surface area contributed by atoms with Crippen molar-refractivity contribution in [2.45, 2.75) is 51.6 Å². The maximum atomic E-state index is 13.2. The van der Waals surface area contributed by atoms with Gasteiger partial charge in [-0.25, -0.2) is 4.79 Å². The molecule has 0 radical (unpaired) electrons. The lowest BCUT2D eigenvalue weighted by Gasteiger charge is -2.25. The summed E-state index contributed by atoms with van der Waals surface area (Å²) in [5.41, 5.74) is 1.59. The SMILES string of the molecule is CCOC(=O)c1c(NC(=O)C(C)(C)Oc2ccc(Cl)cc2)sc2c1CC[C@@H](c1ccccc1)C2. The van der Waals surface area contributed by atoms with Crippen molar-refractivity contribution in [1.82, 2.24) is 0 Å². The second-order valence-electron chi connectivity index (χ2n) is 8.80. The Morgan fingerprint density at radius 2 is 1.82 bits per heavy atom. The van der Waals surface area contributed by atoms with Gasteiger partial charge < -0.3 is 14.8 Å². The summed E-state index contributed by atoms with van der Waals surface area (Å²) >= 11 is 7.41. The Morgan fingerprint density at radius 3 is 2.50 bits per heavy atom. The summed E-state index contributed by atoms with van der Waals surface area (Å²) in [7, 11) is 0. The van der Waals surface area contributed by atoms with Gasteiger partial charge in [-0.1, -0.05) is 41.9 Å². The number of esters is 1. The van der Waals surface area contributed by atoms with Crippen molar-refractivity contribution in [1.29, 1.82) is 0 Å². The molecule has 1 aliphatic rings. The molecule has 34 heavy (non-hydrogen) atoms. The molecular weight excluding hydrogens is 470 g/mol. The van der Waals surface area contributed by atoms with E-state index in [4.69, 9.17) is 21.1 Å². The van der Waals surface area contributed by atoms with E-state index in [-0.39, 0.29) is 12.5 Å². The maximum Gasteiger partial charge on any atom is 0.341 e. The number of ether oxygens (including phenoxy) is 2. The number of nitrogens with one attached hydrogen (secondary N) is 1. The summed E-state index contributed by atoms with van der Waals surface area (Å²) in [5.74, 6) is 0.179. The number of rotatable bonds is 7. The second-order valence-corrected chi connectivity index (χ2v) is 10.3. The minimum absolute atomic E-state index is 0.272. The van der Waals surface area contributed by atoms with E-state index in [0.29, 0.717) is 27.3 Å². The van der Waals surface area contributed by atoms with E-state index in [9.17, 15) is 9.59 Å². The molecule has 4 rings (SSSR count). The number of thiophene rings is 1. The van der Waals surface area contributed by atoms with Crippen molar-refractivity contribution in [3.63, 3.8) is 0 Å². The Balaban J connectivity index is 1.59. The van der Waals surface area contributed by atoms with Crippen LogP contribution in [0.15, 0.2) is 54.6 Å². The Labute approximate surface area is 209 Å². The molecule has 0 spiro atoms. The van der Waals surface area contributed by atoms with E-state index in [1.165, 1.54) is 16.9 Å². The van der Waals surface area contributed by atoms with Crippen LogP contribution in [0.25, 0.3) is 0 Å². The van der Waals surface area contributed by atoms with E-state index >= 15 is 0 Å². The van der Waals surface area contributed by atoms with E-state index in [1.807, 2.05) is 6.07 Å². The van der Waals surface area contributed by atoms with Crippen molar-refractivity contribution in [3.8, 4) is 5.75 Å². The van der Waals surface area contributed by atoms with Gasteiger partial charge in [-0.3, -0.25) is 4.79 Å². The van der Waals surface area contributed by atoms with E-state index < -0.39 is 11.6 Å². The van der Waals surface area contributed by atoms with Gasteiger partial charge in [0.2, 0.25) is 0 Å². The van der Waals surface area contributed by atoms with Crippen LogP contribution in [0.1, 0.15) is 59.5 Å². The van der Waals surface area contributed by atoms with Gasteiger partial charge in [0.05, 0.1) is 12.2 Å². The monoisotopic (exact) mass is 497 g/mol. The number of hydrogen-bond acceptors (Lipinski definition) is 5. The quantitative estimate of drug-likeness (QED) is 0.371. The summed E-state index contributed by atoms with van der Waals surface area (Å²) in [6.07, 6.45) is 2.54. The van der Waals surface area contributed by atoms with Gasteiger partial charge in [-0.2, -0.15) is 0 Å². The molecule has 0 saturated heterocycles. The first kappa shape index (κ1) is 24.3. The summed E-state index contributed by atoms with van der Waals surface area (Å²) < 4.78 is 11.3. The van der Waals surface area contributed by atoms with Crippen LogP contribution in [0.4, 0.5) is 5.00 Å². The Bertz CT molecular complexity index is 1170. The Hall–Kier alpha value is -2.83. The van der Waals surface area contributed by atoms with Crippen LogP contribution < -0.4 is 10.1 Å². The minimum Gasteiger partial charge on any atom is -0.478 e. The number of hydrogen-bond donors (Lipinski definition) is 1. The smallest absolute Gasteiger partial charge is 0.341 e. The number of halogens is 1. The largest absolute Gasteiger partial charge is 0.478 e. The fourth-order valence-corrected chi connectivity index (χ4v) is 5.64. The maximum absolute atomic E-state index is 13.2. The molecule has 1 atom stereocenters. The molecule has 1 aromatic heterocycles. The molecule has 178 valence electrons. The van der Waals surface area contributed by atoms with Crippen LogP contribution >= 0.6 is 22.9 Å². The zero-order chi connectivity index (χ0) is 24.3. The van der Waals surface area contributed by atoms with Crippen LogP contribution in [-0.2, 0) is 22.4 Å². The highest BCUT2D eigenvalue weighted by molar-refractivity contribution is 7.17. The third-order valence-electron chi connectivity index (χ3n) is 5.98. The van der Waals surface area contributed by atoms with Gasteiger partial charge >= 0.3 is 5.97 Å². The van der Waals surface area contributed by atoms with Gasteiger partial charge in [-0.05, 0) is 81.3 Å². The molecule has 3 aromatic rings. The van der Waals surface area contributed by atoms with Gasteiger partial charge in [-0.15, -0.1) is 11.3 Å². The van der Waals surface area contributed by atoms with Crippen LogP contribution in [0.5, 0.6) is 5.75 Å². The highest BCUT2D eigenvalue weighted by Crippen LogP contribution is 2.43. The Morgan fingerprint density at radius 1 is 1.12 bits per heavy atom. The standard InChI is InChI=1S/C27H28ClNO4S/c1-4-32-25(30)23-21-15-10-18(17-8-6-5-7-9-17)16-22(21)34-24(23)29-26(31)27(2,3)33-20-13-11-19(28)12-14-20/h5-9,11-14,18H,4,10,15-16H2,1-3H3,(H,29,31)/t18-/m1/s1. The Kier molecular flexibility index (Phi) is 7.29. The number of fused-ring (bicyclic) bond motifs is 1. The summed E-state index contributed by atoms with van der Waals surface area (Å²) in [6.45, 7) is 5.44. The molecule has 1 aliphatic carbocycles. The van der Waals surface area contributed by atoms with Crippen LogP contribution in [0.2, 0.25) is 5.02 Å². The molecule has 0 bridgehead atoms. The number of amides is 1. The molecule has 1 heterocycles. The normalized spacial score (nSPS) is 15.4. The average Bonchev–Trinajstić information content (AvgIpc) is 3.18. The molecule has 0 aliphatic heterocycles. The highest BCUT2D eigenvalue weighted by atomic mass is 35.5. The zero-order valence-corrected chi connectivity index (χ0v) is 21.1. The number of benzene rings is 2. The summed E-state index contributed by atoms with van der Waals surface area (Å²) in [4.78, 5) is 27.2. The molecule has 0 saturated carbocycles. The van der Waals surface area contributed by atoms with E-state index in [2.05, 4.69) is 29.6 Å². The van der Waals surface area contributed by atoms with Crippen LogP contribution in [-0.4, -0.2) is 24.1 Å². The molecule has 2 aromatic carbocycles. The second kappa shape index (κ2) is 10.2. The van der Waals surface area contributed by atoms with Crippen LogP contribution in [0, 0.1) is 0 Å². The molecule has 0 unspecified atom stereocenters.